The normalized spacial score (nSPS) is 10.8. The summed E-state index contributed by atoms with van der Waals surface area (Å²) in [6.07, 6.45) is 5.71. The number of carbonyl (C=O) groups excluding carboxylic acids is 1. The Morgan fingerprint density at radius 3 is 2.75 bits per heavy atom. The molecule has 0 aliphatic carbocycles. The molecule has 0 radical (unpaired) electrons. The monoisotopic (exact) mass is 521 g/mol. The van der Waals surface area contributed by atoms with Gasteiger partial charge in [0, 0.05) is 29.1 Å². The number of aromatic nitrogens is 3. The van der Waals surface area contributed by atoms with Crippen LogP contribution in [0.25, 0.3) is 10.9 Å². The minimum atomic E-state index is -3.39. The first-order valence-corrected chi connectivity index (χ1v) is 13.0. The molecule has 1 amide bonds. The molecule has 2 heterocycles. The van der Waals surface area contributed by atoms with Gasteiger partial charge in [-0.25, -0.2) is 18.4 Å². The highest BCUT2D eigenvalue weighted by atomic mass is 35.5. The standard InChI is InChI=1S/C25H20ClN5O4S/c1-36(33,34)15-24(32)28-11-2-4-17-6-8-22-20(12-17)25(30-16-29-22)31-18-7-9-23(21(26)13-18)35-19-5-3-10-27-14-19/h3,5-10,12-14,16H,11,15H2,1H3,(H,28,32)(H,29,30,31). The molecule has 0 fully saturated rings. The molecule has 11 heteroatoms. The van der Waals surface area contributed by atoms with Crippen molar-refractivity contribution in [2.75, 3.05) is 23.9 Å². The molecule has 2 N–H and O–H groups in total. The van der Waals surface area contributed by atoms with Crippen LogP contribution in [-0.2, 0) is 14.6 Å². The first kappa shape index (κ1) is 24.9. The third-order valence-electron chi connectivity index (χ3n) is 4.69. The van der Waals surface area contributed by atoms with E-state index in [1.165, 1.54) is 6.33 Å². The van der Waals surface area contributed by atoms with E-state index in [0.29, 0.717) is 39.1 Å². The highest BCUT2D eigenvalue weighted by Gasteiger charge is 2.10. The third-order valence-corrected chi connectivity index (χ3v) is 5.77. The number of ether oxygens (including phenoxy) is 1. The van der Waals surface area contributed by atoms with Crippen LogP contribution in [0, 0.1) is 11.8 Å². The lowest BCUT2D eigenvalue weighted by Crippen LogP contribution is -2.30. The molecule has 0 saturated carbocycles. The molecule has 0 spiro atoms. The van der Waals surface area contributed by atoms with Crippen molar-refractivity contribution in [3.8, 4) is 23.3 Å². The van der Waals surface area contributed by atoms with Crippen LogP contribution < -0.4 is 15.4 Å². The van der Waals surface area contributed by atoms with E-state index in [1.54, 1.807) is 42.7 Å². The molecule has 2 aromatic heterocycles. The molecular weight excluding hydrogens is 502 g/mol. The zero-order valence-electron chi connectivity index (χ0n) is 19.0. The summed E-state index contributed by atoms with van der Waals surface area (Å²) in [6, 6.07) is 14.3. The highest BCUT2D eigenvalue weighted by molar-refractivity contribution is 7.91. The predicted octanol–water partition coefficient (Wildman–Crippen LogP) is 3.73. The van der Waals surface area contributed by atoms with Gasteiger partial charge in [0.1, 0.15) is 29.4 Å². The number of carbonyl (C=O) groups is 1. The Labute approximate surface area is 212 Å². The van der Waals surface area contributed by atoms with E-state index >= 15 is 0 Å². The van der Waals surface area contributed by atoms with Crippen molar-refractivity contribution in [2.24, 2.45) is 0 Å². The average Bonchev–Trinajstić information content (AvgIpc) is 2.83. The first-order chi connectivity index (χ1) is 17.3. The number of halogens is 1. The van der Waals surface area contributed by atoms with Crippen molar-refractivity contribution < 1.29 is 17.9 Å². The third kappa shape index (κ3) is 6.91. The molecule has 0 aliphatic heterocycles. The second-order valence-electron chi connectivity index (χ2n) is 7.66. The van der Waals surface area contributed by atoms with Crippen molar-refractivity contribution in [1.29, 1.82) is 0 Å². The first-order valence-electron chi connectivity index (χ1n) is 10.6. The summed E-state index contributed by atoms with van der Waals surface area (Å²) >= 11 is 6.42. The fourth-order valence-electron chi connectivity index (χ4n) is 3.14. The van der Waals surface area contributed by atoms with Gasteiger partial charge in [-0.1, -0.05) is 23.4 Å². The molecule has 36 heavy (non-hydrogen) atoms. The zero-order chi connectivity index (χ0) is 25.5. The summed E-state index contributed by atoms with van der Waals surface area (Å²) in [5.74, 6) is 6.21. The predicted molar refractivity (Wildman–Crippen MR) is 138 cm³/mol. The minimum Gasteiger partial charge on any atom is -0.454 e. The maximum absolute atomic E-state index is 11.6. The van der Waals surface area contributed by atoms with E-state index in [4.69, 9.17) is 16.3 Å². The van der Waals surface area contributed by atoms with Crippen molar-refractivity contribution in [3.63, 3.8) is 0 Å². The lowest BCUT2D eigenvalue weighted by molar-refractivity contribution is -0.118. The smallest absolute Gasteiger partial charge is 0.235 e. The fraction of sp³-hybridized carbons (Fsp3) is 0.120. The molecular formula is C25H20ClN5O4S. The van der Waals surface area contributed by atoms with Gasteiger partial charge in [0.05, 0.1) is 23.3 Å². The van der Waals surface area contributed by atoms with Crippen molar-refractivity contribution >= 4 is 49.8 Å². The van der Waals surface area contributed by atoms with Crippen molar-refractivity contribution in [2.45, 2.75) is 0 Å². The van der Waals surface area contributed by atoms with E-state index in [1.807, 2.05) is 18.2 Å². The Bertz CT molecular complexity index is 1580. The number of nitrogens with zero attached hydrogens (tertiary/aromatic N) is 3. The fourth-order valence-corrected chi connectivity index (χ4v) is 3.94. The van der Waals surface area contributed by atoms with Gasteiger partial charge < -0.3 is 15.4 Å². The number of sulfone groups is 1. The molecule has 9 nitrogen and oxygen atoms in total. The molecule has 0 saturated heterocycles. The summed E-state index contributed by atoms with van der Waals surface area (Å²) in [5.41, 5.74) is 2.08. The van der Waals surface area contributed by atoms with Crippen LogP contribution in [-0.4, -0.2) is 47.8 Å². The number of hydrogen-bond acceptors (Lipinski definition) is 8. The van der Waals surface area contributed by atoms with Crippen LogP contribution >= 0.6 is 11.6 Å². The van der Waals surface area contributed by atoms with E-state index in [9.17, 15) is 13.2 Å². The molecule has 0 aliphatic rings. The molecule has 2 aromatic carbocycles. The number of amides is 1. The van der Waals surface area contributed by atoms with Gasteiger partial charge in [0.15, 0.2) is 9.84 Å². The Morgan fingerprint density at radius 2 is 2.00 bits per heavy atom. The Hall–Kier alpha value is -4.20. The largest absolute Gasteiger partial charge is 0.454 e. The number of anilines is 2. The van der Waals surface area contributed by atoms with Gasteiger partial charge >= 0.3 is 0 Å². The number of hydrogen-bond donors (Lipinski definition) is 2. The zero-order valence-corrected chi connectivity index (χ0v) is 20.6. The lowest BCUT2D eigenvalue weighted by Gasteiger charge is -2.11. The topological polar surface area (TPSA) is 123 Å². The number of benzene rings is 2. The maximum atomic E-state index is 11.6. The van der Waals surface area contributed by atoms with Gasteiger partial charge in [-0.05, 0) is 48.5 Å². The molecule has 0 unspecified atom stereocenters. The van der Waals surface area contributed by atoms with E-state index in [-0.39, 0.29) is 6.54 Å². The number of pyridine rings is 1. The van der Waals surface area contributed by atoms with Gasteiger partial charge in [-0.2, -0.15) is 0 Å². The number of fused-ring (bicyclic) bond motifs is 1. The highest BCUT2D eigenvalue weighted by Crippen LogP contribution is 2.33. The molecule has 4 rings (SSSR count). The molecule has 0 bridgehead atoms. The Morgan fingerprint density at radius 1 is 1.14 bits per heavy atom. The minimum absolute atomic E-state index is 0.0226. The summed E-state index contributed by atoms with van der Waals surface area (Å²) in [6.45, 7) is 0.0226. The van der Waals surface area contributed by atoms with Crippen molar-refractivity contribution in [1.82, 2.24) is 20.3 Å². The van der Waals surface area contributed by atoms with Crippen LogP contribution in [0.2, 0.25) is 5.02 Å². The van der Waals surface area contributed by atoms with Crippen LogP contribution in [0.4, 0.5) is 11.5 Å². The van der Waals surface area contributed by atoms with Gasteiger partial charge in [0.2, 0.25) is 5.91 Å². The molecule has 182 valence electrons. The van der Waals surface area contributed by atoms with Gasteiger partial charge in [-0.3, -0.25) is 9.78 Å². The van der Waals surface area contributed by atoms with Crippen LogP contribution in [0.15, 0.2) is 67.3 Å². The van der Waals surface area contributed by atoms with Gasteiger partial charge in [-0.15, -0.1) is 0 Å². The van der Waals surface area contributed by atoms with Crippen LogP contribution in [0.5, 0.6) is 11.5 Å². The summed E-state index contributed by atoms with van der Waals surface area (Å²) in [5, 5.41) is 6.85. The summed E-state index contributed by atoms with van der Waals surface area (Å²) < 4.78 is 28.1. The van der Waals surface area contributed by atoms with E-state index < -0.39 is 21.5 Å². The van der Waals surface area contributed by atoms with Gasteiger partial charge in [0.25, 0.3) is 0 Å². The Kier molecular flexibility index (Phi) is 7.63. The SMILES string of the molecule is CS(=O)(=O)CC(=O)NCC#Cc1ccc2ncnc(Nc3ccc(Oc4cccnc4)c(Cl)c3)c2c1. The second kappa shape index (κ2) is 11.0. The number of rotatable bonds is 7. The van der Waals surface area contributed by atoms with Crippen molar-refractivity contribution in [3.05, 3.63) is 77.8 Å². The van der Waals surface area contributed by atoms with Crippen LogP contribution in [0.3, 0.4) is 0 Å². The van der Waals surface area contributed by atoms with Crippen LogP contribution in [0.1, 0.15) is 5.56 Å². The molecule has 4 aromatic rings. The van der Waals surface area contributed by atoms with E-state index in [0.717, 1.165) is 11.6 Å². The maximum Gasteiger partial charge on any atom is 0.235 e. The summed E-state index contributed by atoms with van der Waals surface area (Å²) in [7, 11) is -3.39. The average molecular weight is 522 g/mol. The lowest BCUT2D eigenvalue weighted by atomic mass is 10.1. The quantitative estimate of drug-likeness (QED) is 0.353. The number of nitrogens with one attached hydrogen (secondary N) is 2. The second-order valence-corrected chi connectivity index (χ2v) is 10.2. The van der Waals surface area contributed by atoms with E-state index in [2.05, 4.69) is 37.4 Å². The summed E-state index contributed by atoms with van der Waals surface area (Å²) in [4.78, 5) is 24.3. The Balaban J connectivity index is 1.49. The molecule has 0 atom stereocenters.